The molecule has 2 unspecified atom stereocenters. The van der Waals surface area contributed by atoms with Gasteiger partial charge in [-0.1, -0.05) is 37.8 Å². The van der Waals surface area contributed by atoms with Crippen molar-refractivity contribution in [2.24, 2.45) is 13.0 Å². The third-order valence-corrected chi connectivity index (χ3v) is 7.14. The molecular weight excluding hydrogens is 444 g/mol. The molecule has 0 N–H and O–H groups in total. The van der Waals surface area contributed by atoms with E-state index < -0.39 is 0 Å². The van der Waals surface area contributed by atoms with Gasteiger partial charge in [-0.05, 0) is 44.7 Å². The number of carbonyl (C=O) groups is 1. The van der Waals surface area contributed by atoms with E-state index in [0.717, 1.165) is 6.42 Å². The molecule has 2 saturated heterocycles. The third-order valence-electron chi connectivity index (χ3n) is 5.77. The predicted octanol–water partition coefficient (Wildman–Crippen LogP) is 3.43. The zero-order chi connectivity index (χ0) is 23.7. The summed E-state index contributed by atoms with van der Waals surface area (Å²) in [6, 6.07) is 2.05. The summed E-state index contributed by atoms with van der Waals surface area (Å²) < 4.78 is 7.93. The Bertz CT molecular complexity index is 1060. The minimum Gasteiger partial charge on any atom is -0.372 e. The quantitative estimate of drug-likeness (QED) is 0.478. The lowest BCUT2D eigenvalue weighted by Gasteiger charge is -2.38. The molecule has 1 aromatic heterocycles. The number of anilines is 1. The van der Waals surface area contributed by atoms with Gasteiger partial charge in [-0.3, -0.25) is 19.1 Å². The number of nitrogens with zero attached hydrogens (tertiary/aromatic N) is 4. The third kappa shape index (κ3) is 4.77. The van der Waals surface area contributed by atoms with Gasteiger partial charge >= 0.3 is 0 Å². The number of ether oxygens (including phenoxy) is 1. The van der Waals surface area contributed by atoms with Crippen molar-refractivity contribution in [3.05, 3.63) is 31.9 Å². The Balaban J connectivity index is 2.12. The second kappa shape index (κ2) is 9.77. The molecule has 0 bridgehead atoms. The maximum Gasteiger partial charge on any atom is 0.270 e. The fraction of sp³-hybridized carbons (Fsp3) is 0.565. The monoisotopic (exact) mass is 474 g/mol. The largest absolute Gasteiger partial charge is 0.372 e. The molecule has 3 rings (SSSR count). The zero-order valence-electron chi connectivity index (χ0n) is 19.5. The van der Waals surface area contributed by atoms with Crippen molar-refractivity contribution < 1.29 is 9.53 Å². The maximum atomic E-state index is 13.1. The molecule has 1 aromatic rings. The first-order valence-corrected chi connectivity index (χ1v) is 12.1. The van der Waals surface area contributed by atoms with E-state index in [4.69, 9.17) is 17.0 Å². The molecule has 32 heavy (non-hydrogen) atoms. The number of hydrogen-bond acceptors (Lipinski definition) is 7. The summed E-state index contributed by atoms with van der Waals surface area (Å²) in [5.74, 6) is 1.03. The van der Waals surface area contributed by atoms with Crippen molar-refractivity contribution in [3.8, 4) is 6.07 Å². The highest BCUT2D eigenvalue weighted by Crippen LogP contribution is 2.36. The summed E-state index contributed by atoms with van der Waals surface area (Å²) in [6.07, 6.45) is 2.65. The summed E-state index contributed by atoms with van der Waals surface area (Å²) in [5.41, 5.74) is 1.03. The fourth-order valence-electron chi connectivity index (χ4n) is 4.16. The molecule has 3 heterocycles. The molecule has 2 atom stereocenters. The standard InChI is InChI=1S/C23H30N4O3S2/c1-13(2)7-8-27-22(29)19(32-23(27)31)9-17-16(5)18(10-24)21(28)25(6)20(17)26-11-14(3)30-15(4)12-26/h9,13-15H,7-8,11-12H2,1-6H3. The lowest BCUT2D eigenvalue weighted by atomic mass is 10.0. The van der Waals surface area contributed by atoms with Gasteiger partial charge in [-0.2, -0.15) is 5.26 Å². The number of rotatable bonds is 5. The zero-order valence-corrected chi connectivity index (χ0v) is 21.1. The van der Waals surface area contributed by atoms with Crippen LogP contribution in [0.1, 0.15) is 50.8 Å². The molecule has 172 valence electrons. The van der Waals surface area contributed by atoms with Crippen LogP contribution in [0.25, 0.3) is 6.08 Å². The Morgan fingerprint density at radius 3 is 2.47 bits per heavy atom. The lowest BCUT2D eigenvalue weighted by Crippen LogP contribution is -2.47. The molecule has 2 aliphatic heterocycles. The van der Waals surface area contributed by atoms with Gasteiger partial charge in [0.05, 0.1) is 17.1 Å². The van der Waals surface area contributed by atoms with E-state index >= 15 is 0 Å². The highest BCUT2D eigenvalue weighted by atomic mass is 32.2. The van der Waals surface area contributed by atoms with Crippen molar-refractivity contribution in [1.82, 2.24) is 9.47 Å². The topological polar surface area (TPSA) is 78.6 Å². The minimum absolute atomic E-state index is 0.00750. The molecule has 7 nitrogen and oxygen atoms in total. The second-order valence-electron chi connectivity index (χ2n) is 8.89. The van der Waals surface area contributed by atoms with Crippen molar-refractivity contribution in [1.29, 1.82) is 5.26 Å². The van der Waals surface area contributed by atoms with Gasteiger partial charge in [-0.25, -0.2) is 0 Å². The molecular formula is C23H30N4O3S2. The van der Waals surface area contributed by atoms with E-state index in [1.807, 2.05) is 19.9 Å². The molecule has 0 spiro atoms. The second-order valence-corrected chi connectivity index (χ2v) is 10.6. The molecule has 0 radical (unpaired) electrons. The van der Waals surface area contributed by atoms with Crippen LogP contribution in [0.2, 0.25) is 0 Å². The highest BCUT2D eigenvalue weighted by molar-refractivity contribution is 8.26. The van der Waals surface area contributed by atoms with Gasteiger partial charge in [0.15, 0.2) is 0 Å². The van der Waals surface area contributed by atoms with E-state index in [2.05, 4.69) is 18.7 Å². The number of morpholine rings is 1. The van der Waals surface area contributed by atoms with Crippen molar-refractivity contribution in [2.75, 3.05) is 24.5 Å². The molecule has 1 amide bonds. The number of carbonyl (C=O) groups excluding carboxylic acids is 1. The Morgan fingerprint density at radius 2 is 1.91 bits per heavy atom. The molecule has 2 fully saturated rings. The number of nitriles is 1. The van der Waals surface area contributed by atoms with Crippen LogP contribution in [0.3, 0.4) is 0 Å². The first kappa shape index (κ1) is 24.5. The smallest absolute Gasteiger partial charge is 0.270 e. The van der Waals surface area contributed by atoms with E-state index in [-0.39, 0.29) is 29.2 Å². The van der Waals surface area contributed by atoms with Crippen LogP contribution in [0.15, 0.2) is 9.70 Å². The highest BCUT2D eigenvalue weighted by Gasteiger charge is 2.33. The average molecular weight is 475 g/mol. The molecule has 0 saturated carbocycles. The summed E-state index contributed by atoms with van der Waals surface area (Å²) in [4.78, 5) is 30.3. The van der Waals surface area contributed by atoms with Crippen LogP contribution in [0, 0.1) is 24.2 Å². The lowest BCUT2D eigenvalue weighted by molar-refractivity contribution is -0.122. The summed E-state index contributed by atoms with van der Waals surface area (Å²) in [5, 5.41) is 9.63. The number of pyridine rings is 1. The Morgan fingerprint density at radius 1 is 1.28 bits per heavy atom. The molecule has 2 aliphatic rings. The fourth-order valence-corrected chi connectivity index (χ4v) is 5.45. The van der Waals surface area contributed by atoms with E-state index in [0.29, 0.717) is 51.7 Å². The van der Waals surface area contributed by atoms with E-state index in [1.54, 1.807) is 24.9 Å². The number of hydrogen-bond donors (Lipinski definition) is 0. The van der Waals surface area contributed by atoms with Gasteiger partial charge in [-0.15, -0.1) is 0 Å². The van der Waals surface area contributed by atoms with Gasteiger partial charge in [0, 0.05) is 32.2 Å². The Kier molecular flexibility index (Phi) is 7.48. The van der Waals surface area contributed by atoms with Gasteiger partial charge in [0.1, 0.15) is 21.8 Å². The maximum absolute atomic E-state index is 13.1. The van der Waals surface area contributed by atoms with Crippen LogP contribution < -0.4 is 10.5 Å². The molecule has 0 aliphatic carbocycles. The summed E-state index contributed by atoms with van der Waals surface area (Å²) in [6.45, 7) is 11.8. The van der Waals surface area contributed by atoms with Gasteiger partial charge in [0.2, 0.25) is 0 Å². The summed E-state index contributed by atoms with van der Waals surface area (Å²) >= 11 is 6.74. The van der Waals surface area contributed by atoms with E-state index in [9.17, 15) is 14.9 Å². The molecule has 0 aromatic carbocycles. The van der Waals surface area contributed by atoms with Crippen LogP contribution in [-0.2, 0) is 16.6 Å². The SMILES string of the molecule is Cc1c(C=C2SC(=S)N(CCC(C)C)C2=O)c(N2CC(C)OC(C)C2)n(C)c(=O)c1C#N. The first-order chi connectivity index (χ1) is 15.0. The Hall–Kier alpha value is -2.15. The average Bonchev–Trinajstić information content (AvgIpc) is 2.97. The normalized spacial score (nSPS) is 22.9. The Labute approximate surface area is 199 Å². The predicted molar refractivity (Wildman–Crippen MR) is 133 cm³/mol. The number of thiocarbonyl (C=S) groups is 1. The van der Waals surface area contributed by atoms with Crippen LogP contribution in [0.4, 0.5) is 5.82 Å². The van der Waals surface area contributed by atoms with Crippen LogP contribution >= 0.6 is 24.0 Å². The first-order valence-electron chi connectivity index (χ1n) is 10.8. The molecule has 9 heteroatoms. The van der Waals surface area contributed by atoms with Crippen molar-refractivity contribution in [2.45, 2.75) is 53.2 Å². The number of amides is 1. The van der Waals surface area contributed by atoms with Gasteiger partial charge < -0.3 is 9.64 Å². The van der Waals surface area contributed by atoms with Gasteiger partial charge in [0.25, 0.3) is 11.5 Å². The van der Waals surface area contributed by atoms with E-state index in [1.165, 1.54) is 16.3 Å². The van der Waals surface area contributed by atoms with Crippen LogP contribution in [0.5, 0.6) is 0 Å². The summed E-state index contributed by atoms with van der Waals surface area (Å²) in [7, 11) is 1.67. The number of thioether (sulfide) groups is 1. The van der Waals surface area contributed by atoms with Crippen molar-refractivity contribution >= 4 is 46.1 Å². The van der Waals surface area contributed by atoms with Crippen LogP contribution in [-0.4, -0.2) is 51.5 Å². The number of aromatic nitrogens is 1. The van der Waals surface area contributed by atoms with Crippen molar-refractivity contribution in [3.63, 3.8) is 0 Å². The minimum atomic E-state index is -0.339.